The molecule has 188 valence electrons. The Kier molecular flexibility index (Phi) is 11.0. The number of carbonyl (C=O) groups excluding carboxylic acids is 1. The number of esters is 1. The fourth-order valence-corrected chi connectivity index (χ4v) is 5.79. The van der Waals surface area contributed by atoms with E-state index in [1.165, 1.54) is 11.4 Å². The van der Waals surface area contributed by atoms with E-state index in [1.807, 2.05) is 31.3 Å². The lowest BCUT2D eigenvalue weighted by Gasteiger charge is -2.39. The second-order valence-corrected chi connectivity index (χ2v) is 10.6. The third kappa shape index (κ3) is 7.02. The highest BCUT2D eigenvalue weighted by Gasteiger charge is 2.32. The molecule has 0 aromatic heterocycles. The number of sulfonamides is 1. The summed E-state index contributed by atoms with van der Waals surface area (Å²) >= 11 is 0. The van der Waals surface area contributed by atoms with Crippen LogP contribution in [0.4, 0.5) is 0 Å². The van der Waals surface area contributed by atoms with Crippen molar-refractivity contribution in [2.45, 2.75) is 36.2 Å². The van der Waals surface area contributed by atoms with Crippen molar-refractivity contribution in [1.29, 1.82) is 0 Å². The van der Waals surface area contributed by atoms with Crippen LogP contribution in [0.25, 0.3) is 0 Å². The molecule has 0 bridgehead atoms. The summed E-state index contributed by atoms with van der Waals surface area (Å²) < 4.78 is 32.6. The first-order valence-corrected chi connectivity index (χ1v) is 12.9. The molecule has 1 aliphatic heterocycles. The van der Waals surface area contributed by atoms with Gasteiger partial charge in [-0.15, -0.1) is 12.4 Å². The quantitative estimate of drug-likeness (QED) is 0.495. The lowest BCUT2D eigenvalue weighted by Crippen LogP contribution is -2.51. The van der Waals surface area contributed by atoms with Crippen LogP contribution in [-0.4, -0.2) is 70.6 Å². The van der Waals surface area contributed by atoms with E-state index in [0.29, 0.717) is 17.9 Å². The number of methoxy groups -OCH3 is 1. The zero-order valence-corrected chi connectivity index (χ0v) is 21.7. The smallest absolute Gasteiger partial charge is 0.308 e. The number of piperidine rings is 1. The second kappa shape index (κ2) is 13.2. The average Bonchev–Trinajstić information content (AvgIpc) is 2.86. The Morgan fingerprint density at radius 3 is 2.35 bits per heavy atom. The summed E-state index contributed by atoms with van der Waals surface area (Å²) in [6.07, 6.45) is 2.37. The summed E-state index contributed by atoms with van der Waals surface area (Å²) in [6.45, 7) is 1.99. The summed E-state index contributed by atoms with van der Waals surface area (Å²) in [5.74, 6) is -0.189. The predicted octanol–water partition coefficient (Wildman–Crippen LogP) is 3.33. The van der Waals surface area contributed by atoms with Gasteiger partial charge in [0.15, 0.2) is 0 Å². The molecule has 0 aliphatic carbocycles. The van der Waals surface area contributed by atoms with Crippen LogP contribution < -0.4 is 5.32 Å². The molecule has 3 atom stereocenters. The Bertz CT molecular complexity index is 992. The van der Waals surface area contributed by atoms with Crippen molar-refractivity contribution in [2.24, 2.45) is 5.92 Å². The minimum Gasteiger partial charge on any atom is -0.469 e. The first kappa shape index (κ1) is 28.3. The summed E-state index contributed by atoms with van der Waals surface area (Å²) in [6, 6.07) is 18.6. The molecule has 34 heavy (non-hydrogen) atoms. The van der Waals surface area contributed by atoms with Crippen LogP contribution in [0, 0.1) is 5.92 Å². The summed E-state index contributed by atoms with van der Waals surface area (Å²) in [5, 5.41) is 3.32. The molecule has 1 N–H and O–H groups in total. The van der Waals surface area contributed by atoms with Crippen LogP contribution in [0.15, 0.2) is 65.6 Å². The number of hydrogen-bond acceptors (Lipinski definition) is 6. The molecule has 2 aromatic carbocycles. The number of halogens is 1. The van der Waals surface area contributed by atoms with E-state index >= 15 is 0 Å². The number of ether oxygens (including phenoxy) is 1. The average molecular weight is 510 g/mol. The van der Waals surface area contributed by atoms with Gasteiger partial charge in [-0.1, -0.05) is 48.5 Å². The molecule has 7 nitrogen and oxygen atoms in total. The Hall–Kier alpha value is -1.97. The van der Waals surface area contributed by atoms with Crippen LogP contribution in [0.5, 0.6) is 0 Å². The van der Waals surface area contributed by atoms with Crippen LogP contribution >= 0.6 is 12.4 Å². The van der Waals surface area contributed by atoms with E-state index in [1.54, 1.807) is 31.3 Å². The molecule has 1 saturated heterocycles. The van der Waals surface area contributed by atoms with Crippen molar-refractivity contribution >= 4 is 28.4 Å². The van der Waals surface area contributed by atoms with Crippen molar-refractivity contribution < 1.29 is 17.9 Å². The van der Waals surface area contributed by atoms with E-state index < -0.39 is 10.0 Å². The Balaban J connectivity index is 0.00000408. The maximum absolute atomic E-state index is 13.1. The van der Waals surface area contributed by atoms with E-state index in [0.717, 1.165) is 31.5 Å². The summed E-state index contributed by atoms with van der Waals surface area (Å²) in [7, 11) is 1.43. The van der Waals surface area contributed by atoms with Gasteiger partial charge in [-0.25, -0.2) is 12.7 Å². The van der Waals surface area contributed by atoms with E-state index in [2.05, 4.69) is 22.3 Å². The van der Waals surface area contributed by atoms with Gasteiger partial charge in [0.25, 0.3) is 0 Å². The van der Waals surface area contributed by atoms with E-state index in [4.69, 9.17) is 4.74 Å². The van der Waals surface area contributed by atoms with Gasteiger partial charge in [-0.3, -0.25) is 9.69 Å². The number of carbonyl (C=O) groups is 1. The minimum absolute atomic E-state index is 0. The SMILES string of the molecule is CN[C@@H]1CC(C(=O)OC)CCN1CC[C@@H](CN(C)S(=O)(=O)c1ccccc1)c1ccccc1.Cl. The molecular weight excluding hydrogens is 474 g/mol. The number of likely N-dealkylation sites (tertiary alicyclic amines) is 1. The second-order valence-electron chi connectivity index (χ2n) is 8.58. The molecule has 1 unspecified atom stereocenters. The van der Waals surface area contributed by atoms with Crippen LogP contribution in [0.1, 0.15) is 30.7 Å². The maximum atomic E-state index is 13.1. The molecule has 0 saturated carbocycles. The monoisotopic (exact) mass is 509 g/mol. The lowest BCUT2D eigenvalue weighted by atomic mass is 9.92. The number of rotatable bonds is 10. The molecule has 3 rings (SSSR count). The normalized spacial score (nSPS) is 19.9. The number of nitrogens with one attached hydrogen (secondary N) is 1. The fourth-order valence-electron chi connectivity index (χ4n) is 4.55. The topological polar surface area (TPSA) is 79.0 Å². The van der Waals surface area contributed by atoms with Crippen molar-refractivity contribution in [2.75, 3.05) is 40.8 Å². The van der Waals surface area contributed by atoms with Crippen LogP contribution in [0.2, 0.25) is 0 Å². The summed E-state index contributed by atoms with van der Waals surface area (Å²) in [4.78, 5) is 14.6. The van der Waals surface area contributed by atoms with Gasteiger partial charge in [0.2, 0.25) is 10.0 Å². The Morgan fingerprint density at radius 2 is 1.76 bits per heavy atom. The first-order chi connectivity index (χ1) is 15.9. The fraction of sp³-hybridized carbons (Fsp3) is 0.480. The highest BCUT2D eigenvalue weighted by molar-refractivity contribution is 7.89. The third-order valence-electron chi connectivity index (χ3n) is 6.55. The van der Waals surface area contributed by atoms with Gasteiger partial charge in [-0.2, -0.15) is 0 Å². The van der Waals surface area contributed by atoms with Gasteiger partial charge in [0, 0.05) is 26.7 Å². The molecular formula is C25H36ClN3O4S. The number of nitrogens with zero attached hydrogens (tertiary/aromatic N) is 2. The van der Waals surface area contributed by atoms with Crippen molar-refractivity contribution in [1.82, 2.24) is 14.5 Å². The number of benzene rings is 2. The van der Waals surface area contributed by atoms with E-state index in [9.17, 15) is 13.2 Å². The van der Waals surface area contributed by atoms with Gasteiger partial charge in [-0.05, 0) is 49.9 Å². The van der Waals surface area contributed by atoms with Gasteiger partial charge in [0.05, 0.1) is 24.1 Å². The zero-order valence-electron chi connectivity index (χ0n) is 20.1. The highest BCUT2D eigenvalue weighted by atomic mass is 35.5. The largest absolute Gasteiger partial charge is 0.469 e. The highest BCUT2D eigenvalue weighted by Crippen LogP contribution is 2.27. The van der Waals surface area contributed by atoms with Gasteiger partial charge >= 0.3 is 5.97 Å². The van der Waals surface area contributed by atoms with E-state index in [-0.39, 0.29) is 36.4 Å². The first-order valence-electron chi connectivity index (χ1n) is 11.4. The molecule has 2 aromatic rings. The Morgan fingerprint density at radius 1 is 1.15 bits per heavy atom. The predicted molar refractivity (Wildman–Crippen MR) is 136 cm³/mol. The number of likely N-dealkylation sites (N-methyl/N-ethyl adjacent to an activating group) is 1. The molecule has 1 heterocycles. The van der Waals surface area contributed by atoms with Gasteiger partial charge < -0.3 is 10.1 Å². The molecule has 0 radical (unpaired) electrons. The Labute approximate surface area is 209 Å². The molecule has 0 spiro atoms. The lowest BCUT2D eigenvalue weighted by molar-refractivity contribution is -0.148. The third-order valence-corrected chi connectivity index (χ3v) is 8.38. The molecule has 0 amide bonds. The van der Waals surface area contributed by atoms with Crippen molar-refractivity contribution in [3.8, 4) is 0 Å². The minimum atomic E-state index is -3.56. The van der Waals surface area contributed by atoms with Crippen LogP contribution in [0.3, 0.4) is 0 Å². The molecule has 1 fully saturated rings. The van der Waals surface area contributed by atoms with Gasteiger partial charge in [0.1, 0.15) is 0 Å². The molecule has 9 heteroatoms. The van der Waals surface area contributed by atoms with Crippen molar-refractivity contribution in [3.63, 3.8) is 0 Å². The molecule has 1 aliphatic rings. The zero-order chi connectivity index (χ0) is 23.8. The number of hydrogen-bond donors (Lipinski definition) is 1. The van der Waals surface area contributed by atoms with Crippen molar-refractivity contribution in [3.05, 3.63) is 66.2 Å². The maximum Gasteiger partial charge on any atom is 0.308 e. The standard InChI is InChI=1S/C25H35N3O4S.ClH/c1-26-24-18-21(25(29)32-3)14-16-28(24)17-15-22(20-10-6-4-7-11-20)19-27(2)33(30,31)23-12-8-5-9-13-23;/h4-13,21-22,24,26H,14-19H2,1-3H3;1H/t21?,22-,24-;/m0./s1. The summed E-state index contributed by atoms with van der Waals surface area (Å²) in [5.41, 5.74) is 1.12. The van der Waals surface area contributed by atoms with Crippen LogP contribution in [-0.2, 0) is 19.6 Å².